The predicted octanol–water partition coefficient (Wildman–Crippen LogP) is 5.36. The number of allylic oxidation sites excluding steroid dienone is 1. The van der Waals surface area contributed by atoms with E-state index in [-0.39, 0.29) is 5.92 Å². The van der Waals surface area contributed by atoms with Crippen molar-refractivity contribution >= 4 is 11.6 Å². The largest absolute Gasteiger partial charge is 0.300 e. The summed E-state index contributed by atoms with van der Waals surface area (Å²) in [7, 11) is 0. The van der Waals surface area contributed by atoms with E-state index in [0.29, 0.717) is 48.6 Å². The zero-order chi connectivity index (χ0) is 16.7. The summed E-state index contributed by atoms with van der Waals surface area (Å²) in [4.78, 5) is 24.4. The highest BCUT2D eigenvalue weighted by atomic mass is 16.1. The number of ketones is 2. The highest BCUT2D eigenvalue weighted by Gasteiger charge is 2.21. The van der Waals surface area contributed by atoms with Crippen LogP contribution in [0.5, 0.6) is 0 Å². The van der Waals surface area contributed by atoms with E-state index in [1.165, 1.54) is 5.57 Å². The molecule has 1 saturated carbocycles. The minimum atomic E-state index is 0.144. The van der Waals surface area contributed by atoms with Crippen LogP contribution in [0.3, 0.4) is 0 Å². The summed E-state index contributed by atoms with van der Waals surface area (Å²) in [5.41, 5.74) is 1.22. The molecule has 0 amide bonds. The Morgan fingerprint density at radius 3 is 2.05 bits per heavy atom. The summed E-state index contributed by atoms with van der Waals surface area (Å²) >= 11 is 0. The molecule has 0 heterocycles. The van der Waals surface area contributed by atoms with Gasteiger partial charge in [-0.2, -0.15) is 0 Å². The van der Waals surface area contributed by atoms with E-state index in [2.05, 4.69) is 34.3 Å². The number of carbonyl (C=O) groups excluding carboxylic acids is 2. The van der Waals surface area contributed by atoms with Gasteiger partial charge in [-0.25, -0.2) is 0 Å². The van der Waals surface area contributed by atoms with Crippen molar-refractivity contribution in [3.8, 4) is 0 Å². The molecule has 0 spiro atoms. The van der Waals surface area contributed by atoms with E-state index in [1.807, 2.05) is 0 Å². The number of hydrogen-bond acceptors (Lipinski definition) is 2. The molecule has 0 aliphatic heterocycles. The number of rotatable bonds is 1. The Balaban J connectivity index is 2.73. The topological polar surface area (TPSA) is 34.1 Å². The summed E-state index contributed by atoms with van der Waals surface area (Å²) in [6, 6.07) is 0. The van der Waals surface area contributed by atoms with Crippen LogP contribution in [0.15, 0.2) is 12.2 Å². The van der Waals surface area contributed by atoms with Gasteiger partial charge in [-0.15, -0.1) is 0 Å². The molecule has 0 aromatic carbocycles. The van der Waals surface area contributed by atoms with Crippen molar-refractivity contribution in [1.82, 2.24) is 0 Å². The highest BCUT2D eigenvalue weighted by molar-refractivity contribution is 5.81. The van der Waals surface area contributed by atoms with Gasteiger partial charge in [0.1, 0.15) is 11.6 Å². The fraction of sp³-hybridized carbons (Fsp3) is 0.800. The van der Waals surface area contributed by atoms with Crippen molar-refractivity contribution in [2.75, 3.05) is 0 Å². The molecule has 0 saturated heterocycles. The van der Waals surface area contributed by atoms with Crippen LogP contribution in [0.4, 0.5) is 0 Å². The van der Waals surface area contributed by atoms with Crippen molar-refractivity contribution in [3.05, 3.63) is 12.2 Å². The fourth-order valence-electron chi connectivity index (χ4n) is 3.43. The van der Waals surface area contributed by atoms with Gasteiger partial charge in [0.2, 0.25) is 0 Å². The van der Waals surface area contributed by atoms with Gasteiger partial charge in [-0.05, 0) is 56.8 Å². The molecule has 1 fully saturated rings. The van der Waals surface area contributed by atoms with E-state index in [0.717, 1.165) is 32.1 Å². The fourth-order valence-corrected chi connectivity index (χ4v) is 3.43. The molecule has 126 valence electrons. The van der Waals surface area contributed by atoms with Crippen LogP contribution in [-0.2, 0) is 9.59 Å². The molecule has 0 aromatic heterocycles. The maximum atomic E-state index is 12.2. The second kappa shape index (κ2) is 9.27. The Morgan fingerprint density at radius 1 is 0.909 bits per heavy atom. The lowest BCUT2D eigenvalue weighted by Gasteiger charge is -2.22. The first-order valence-corrected chi connectivity index (χ1v) is 8.99. The standard InChI is InChI=1S/C20H34O2/c1-14(2)18-9-6-15(3)12-19(21)13-16(4)7-11-20(22)17(5)8-10-18/h15-18H,1,6-13H2,2-5H3/t15-,16+,17+,18-/m0/s1. The molecule has 1 aliphatic rings. The van der Waals surface area contributed by atoms with Crippen LogP contribution in [0.25, 0.3) is 0 Å². The van der Waals surface area contributed by atoms with Crippen LogP contribution < -0.4 is 0 Å². The van der Waals surface area contributed by atoms with Gasteiger partial charge in [0.15, 0.2) is 0 Å². The maximum Gasteiger partial charge on any atom is 0.135 e. The highest BCUT2D eigenvalue weighted by Crippen LogP contribution is 2.28. The van der Waals surface area contributed by atoms with E-state index in [1.54, 1.807) is 0 Å². The molecule has 1 aliphatic carbocycles. The molecule has 0 N–H and O–H groups in total. The Kier molecular flexibility index (Phi) is 8.06. The molecular formula is C20H34O2. The third-order valence-corrected chi connectivity index (χ3v) is 5.24. The van der Waals surface area contributed by atoms with Gasteiger partial charge < -0.3 is 0 Å². The molecule has 0 unspecified atom stereocenters. The van der Waals surface area contributed by atoms with Crippen molar-refractivity contribution in [2.45, 2.75) is 79.1 Å². The summed E-state index contributed by atoms with van der Waals surface area (Å²) in [5, 5.41) is 0. The van der Waals surface area contributed by atoms with Gasteiger partial charge in [-0.3, -0.25) is 9.59 Å². The first-order chi connectivity index (χ1) is 10.3. The minimum absolute atomic E-state index is 0.144. The Hall–Kier alpha value is -0.920. The third kappa shape index (κ3) is 6.89. The quantitative estimate of drug-likeness (QED) is 0.611. The lowest BCUT2D eigenvalue weighted by atomic mass is 9.82. The van der Waals surface area contributed by atoms with Crippen LogP contribution in [0, 0.1) is 23.7 Å². The van der Waals surface area contributed by atoms with Gasteiger partial charge in [0.25, 0.3) is 0 Å². The molecule has 4 atom stereocenters. The Morgan fingerprint density at radius 2 is 1.45 bits per heavy atom. The van der Waals surface area contributed by atoms with E-state index in [9.17, 15) is 9.59 Å². The van der Waals surface area contributed by atoms with Crippen molar-refractivity contribution in [2.24, 2.45) is 23.7 Å². The maximum absolute atomic E-state index is 12.2. The second-order valence-corrected chi connectivity index (χ2v) is 7.76. The third-order valence-electron chi connectivity index (χ3n) is 5.24. The van der Waals surface area contributed by atoms with Crippen LogP contribution >= 0.6 is 0 Å². The first kappa shape index (κ1) is 19.1. The van der Waals surface area contributed by atoms with Gasteiger partial charge in [0.05, 0.1) is 0 Å². The lowest BCUT2D eigenvalue weighted by Crippen LogP contribution is -2.17. The SMILES string of the molecule is C=C(C)[C@H]1CC[C@H](C)CC(=O)C[C@H](C)CCC(=O)[C@H](C)CC1. The average molecular weight is 306 g/mol. The molecular weight excluding hydrogens is 272 g/mol. The zero-order valence-corrected chi connectivity index (χ0v) is 15.0. The molecule has 0 radical (unpaired) electrons. The summed E-state index contributed by atoms with van der Waals surface area (Å²) < 4.78 is 0. The molecule has 2 heteroatoms. The van der Waals surface area contributed by atoms with Gasteiger partial charge >= 0.3 is 0 Å². The van der Waals surface area contributed by atoms with Crippen molar-refractivity contribution in [1.29, 1.82) is 0 Å². The van der Waals surface area contributed by atoms with E-state index < -0.39 is 0 Å². The van der Waals surface area contributed by atoms with Crippen LogP contribution in [-0.4, -0.2) is 11.6 Å². The zero-order valence-electron chi connectivity index (χ0n) is 15.0. The number of carbonyl (C=O) groups is 2. The number of hydrogen-bond donors (Lipinski definition) is 0. The van der Waals surface area contributed by atoms with Crippen molar-refractivity contribution < 1.29 is 9.59 Å². The van der Waals surface area contributed by atoms with Gasteiger partial charge in [-0.1, -0.05) is 32.9 Å². The summed E-state index contributed by atoms with van der Waals surface area (Å²) in [5.74, 6) is 2.17. The minimum Gasteiger partial charge on any atom is -0.300 e. The van der Waals surface area contributed by atoms with Gasteiger partial charge in [0, 0.05) is 25.2 Å². The van der Waals surface area contributed by atoms with Crippen molar-refractivity contribution in [3.63, 3.8) is 0 Å². The molecule has 2 nitrogen and oxygen atoms in total. The molecule has 0 bridgehead atoms. The van der Waals surface area contributed by atoms with E-state index >= 15 is 0 Å². The second-order valence-electron chi connectivity index (χ2n) is 7.76. The summed E-state index contributed by atoms with van der Waals surface area (Å²) in [6.45, 7) is 12.6. The smallest absolute Gasteiger partial charge is 0.135 e. The predicted molar refractivity (Wildman–Crippen MR) is 92.7 cm³/mol. The summed E-state index contributed by atoms with van der Waals surface area (Å²) in [6.07, 6.45) is 7.01. The monoisotopic (exact) mass is 306 g/mol. The lowest BCUT2D eigenvalue weighted by molar-refractivity contribution is -0.124. The number of Topliss-reactive ketones (excluding diaryl/α,β-unsaturated/α-hetero) is 2. The van der Waals surface area contributed by atoms with Crippen LogP contribution in [0.1, 0.15) is 79.1 Å². The molecule has 1 rings (SSSR count). The molecule has 0 aromatic rings. The average Bonchev–Trinajstić information content (AvgIpc) is 2.42. The van der Waals surface area contributed by atoms with Crippen LogP contribution in [0.2, 0.25) is 0 Å². The Bertz CT molecular complexity index is 397. The van der Waals surface area contributed by atoms with E-state index in [4.69, 9.17) is 0 Å². The Labute approximate surface area is 136 Å². The normalized spacial score (nSPS) is 33.3. The molecule has 22 heavy (non-hydrogen) atoms. The first-order valence-electron chi connectivity index (χ1n) is 8.99.